The quantitative estimate of drug-likeness (QED) is 0.615. The van der Waals surface area contributed by atoms with Gasteiger partial charge in [-0.3, -0.25) is 9.69 Å². The molecule has 3 atom stereocenters. The van der Waals surface area contributed by atoms with Crippen LogP contribution < -0.4 is 10.6 Å². The zero-order valence-corrected chi connectivity index (χ0v) is 18.9. The summed E-state index contributed by atoms with van der Waals surface area (Å²) in [5, 5.41) is 13.0. The molecular formula is C23H27Cl2N5O. The zero-order chi connectivity index (χ0) is 21.4. The Bertz CT molecular complexity index is 948. The van der Waals surface area contributed by atoms with Crippen molar-refractivity contribution in [2.45, 2.75) is 56.2 Å². The van der Waals surface area contributed by atoms with Gasteiger partial charge in [0, 0.05) is 12.6 Å². The highest BCUT2D eigenvalue weighted by Crippen LogP contribution is 2.30. The molecule has 164 valence electrons. The van der Waals surface area contributed by atoms with Crippen LogP contribution in [-0.4, -0.2) is 52.4 Å². The molecule has 1 amide bonds. The van der Waals surface area contributed by atoms with E-state index >= 15 is 0 Å². The number of rotatable bonds is 5. The maximum atomic E-state index is 12.9. The van der Waals surface area contributed by atoms with Gasteiger partial charge in [-0.1, -0.05) is 53.6 Å². The topological polar surface area (TPSA) is 60.0 Å². The minimum Gasteiger partial charge on any atom is -0.348 e. The molecule has 0 aromatic heterocycles. The van der Waals surface area contributed by atoms with Gasteiger partial charge in [0.15, 0.2) is 5.84 Å². The molecule has 0 radical (unpaired) electrons. The van der Waals surface area contributed by atoms with Gasteiger partial charge in [-0.2, -0.15) is 5.01 Å². The smallest absolute Gasteiger partial charge is 0.290 e. The summed E-state index contributed by atoms with van der Waals surface area (Å²) in [4.78, 5) is 15.4. The van der Waals surface area contributed by atoms with Crippen LogP contribution in [-0.2, 0) is 4.79 Å². The number of fused-ring (bicyclic) bond motifs is 1. The van der Waals surface area contributed by atoms with Crippen LogP contribution in [0.5, 0.6) is 0 Å². The third kappa shape index (κ3) is 4.34. The lowest BCUT2D eigenvalue weighted by Crippen LogP contribution is -2.56. The van der Waals surface area contributed by atoms with Gasteiger partial charge in [-0.15, -0.1) is 16.7 Å². The molecule has 3 unspecified atom stereocenters. The van der Waals surface area contributed by atoms with E-state index in [1.807, 2.05) is 18.2 Å². The average molecular weight is 460 g/mol. The Kier molecular flexibility index (Phi) is 5.95. The molecule has 1 fully saturated rings. The van der Waals surface area contributed by atoms with E-state index in [9.17, 15) is 4.79 Å². The molecule has 2 N–H and O–H groups in total. The number of allylic oxidation sites excluding steroid dienone is 6. The van der Waals surface area contributed by atoms with Gasteiger partial charge in [-0.25, -0.2) is 0 Å². The summed E-state index contributed by atoms with van der Waals surface area (Å²) < 4.78 is 0. The van der Waals surface area contributed by atoms with E-state index in [-0.39, 0.29) is 16.3 Å². The second-order valence-electron chi connectivity index (χ2n) is 8.64. The summed E-state index contributed by atoms with van der Waals surface area (Å²) in [6.07, 6.45) is 18.2. The van der Waals surface area contributed by atoms with Crippen molar-refractivity contribution in [2.24, 2.45) is 5.10 Å². The number of carbonyl (C=O) groups excluding carboxylic acids is 1. The molecule has 3 heterocycles. The molecule has 0 saturated carbocycles. The van der Waals surface area contributed by atoms with Crippen LogP contribution in [0, 0.1) is 0 Å². The first kappa shape index (κ1) is 20.9. The molecule has 1 saturated heterocycles. The second-order valence-corrected chi connectivity index (χ2v) is 9.58. The predicted octanol–water partition coefficient (Wildman–Crippen LogP) is 3.69. The molecule has 0 aromatic rings. The summed E-state index contributed by atoms with van der Waals surface area (Å²) in [6.45, 7) is 1.64. The van der Waals surface area contributed by atoms with Crippen molar-refractivity contribution in [3.05, 3.63) is 58.3 Å². The fraction of sp³-hybridized carbons (Fsp3) is 0.478. The van der Waals surface area contributed by atoms with Crippen molar-refractivity contribution in [3.8, 4) is 0 Å². The second kappa shape index (κ2) is 8.85. The molecule has 8 heteroatoms. The Morgan fingerprint density at radius 2 is 2.13 bits per heavy atom. The SMILES string of the molecule is O=C1C(Cl)=C(CN2CCCC2CC2=CC=CC(Cl)C2)NC2NC(C3=CC=CCC3)=NN12. The lowest BCUT2D eigenvalue weighted by atomic mass is 9.96. The Balaban J connectivity index is 1.26. The van der Waals surface area contributed by atoms with E-state index in [0.717, 1.165) is 62.2 Å². The van der Waals surface area contributed by atoms with Crippen molar-refractivity contribution in [1.82, 2.24) is 20.5 Å². The van der Waals surface area contributed by atoms with Gasteiger partial charge in [0.2, 0.25) is 6.29 Å². The van der Waals surface area contributed by atoms with Crippen LogP contribution in [0.2, 0.25) is 0 Å². The molecule has 5 rings (SSSR count). The number of nitrogens with one attached hydrogen (secondary N) is 2. The fourth-order valence-electron chi connectivity index (χ4n) is 4.87. The number of nitrogens with zero attached hydrogens (tertiary/aromatic N) is 3. The van der Waals surface area contributed by atoms with Crippen molar-refractivity contribution in [2.75, 3.05) is 13.1 Å². The van der Waals surface area contributed by atoms with Crippen LogP contribution in [0.3, 0.4) is 0 Å². The highest BCUT2D eigenvalue weighted by atomic mass is 35.5. The van der Waals surface area contributed by atoms with Crippen LogP contribution in [0.15, 0.2) is 63.4 Å². The van der Waals surface area contributed by atoms with Gasteiger partial charge < -0.3 is 10.6 Å². The summed E-state index contributed by atoms with van der Waals surface area (Å²) in [5.41, 5.74) is 3.27. The van der Waals surface area contributed by atoms with E-state index in [1.54, 1.807) is 0 Å². The third-order valence-electron chi connectivity index (χ3n) is 6.48. The monoisotopic (exact) mass is 459 g/mol. The van der Waals surface area contributed by atoms with Crippen molar-refractivity contribution in [3.63, 3.8) is 0 Å². The van der Waals surface area contributed by atoms with Crippen molar-refractivity contribution in [1.29, 1.82) is 0 Å². The molecule has 0 bridgehead atoms. The van der Waals surface area contributed by atoms with Gasteiger partial charge >= 0.3 is 0 Å². The van der Waals surface area contributed by atoms with Gasteiger partial charge in [0.05, 0.1) is 11.1 Å². The third-order valence-corrected chi connectivity index (χ3v) is 7.17. The van der Waals surface area contributed by atoms with Crippen LogP contribution >= 0.6 is 23.2 Å². The number of hydrazone groups is 1. The lowest BCUT2D eigenvalue weighted by molar-refractivity contribution is -0.130. The number of amidine groups is 1. The highest BCUT2D eigenvalue weighted by molar-refractivity contribution is 6.42. The van der Waals surface area contributed by atoms with Gasteiger partial charge in [0.25, 0.3) is 5.91 Å². The summed E-state index contributed by atoms with van der Waals surface area (Å²) in [5.74, 6) is 0.489. The van der Waals surface area contributed by atoms with Gasteiger partial charge in [-0.05, 0) is 50.6 Å². The minimum absolute atomic E-state index is 0.0908. The summed E-state index contributed by atoms with van der Waals surface area (Å²) in [6, 6.07) is 0.441. The van der Waals surface area contributed by atoms with E-state index in [0.29, 0.717) is 12.6 Å². The van der Waals surface area contributed by atoms with Crippen molar-refractivity contribution < 1.29 is 4.79 Å². The van der Waals surface area contributed by atoms with Crippen molar-refractivity contribution >= 4 is 34.9 Å². The Labute approximate surface area is 193 Å². The number of likely N-dealkylation sites (tertiary alicyclic amines) is 1. The first-order valence-electron chi connectivity index (χ1n) is 11.0. The van der Waals surface area contributed by atoms with Crippen LogP contribution in [0.4, 0.5) is 0 Å². The van der Waals surface area contributed by atoms with E-state index < -0.39 is 6.29 Å². The number of halogens is 2. The summed E-state index contributed by atoms with van der Waals surface area (Å²) in [7, 11) is 0. The fourth-order valence-corrected chi connectivity index (χ4v) is 5.35. The molecule has 31 heavy (non-hydrogen) atoms. The molecule has 2 aliphatic carbocycles. The Hall–Kier alpha value is -2.02. The van der Waals surface area contributed by atoms with Crippen LogP contribution in [0.25, 0.3) is 0 Å². The summed E-state index contributed by atoms with van der Waals surface area (Å²) >= 11 is 12.8. The largest absolute Gasteiger partial charge is 0.348 e. The zero-order valence-electron chi connectivity index (χ0n) is 17.4. The minimum atomic E-state index is -0.393. The normalized spacial score (nSPS) is 30.6. The van der Waals surface area contributed by atoms with Crippen LogP contribution in [0.1, 0.15) is 38.5 Å². The Morgan fingerprint density at radius 3 is 2.94 bits per heavy atom. The standard InChI is InChI=1S/C23H27Cl2N5O/c24-17-9-4-6-15(12-17)13-18-10-5-11-29(18)14-19-20(25)22(31)30-23(26-19)27-21(28-30)16-7-2-1-3-8-16/h1-2,4,6-7,9,17-18,23,26H,3,5,8,10-14H2,(H,27,28). The first-order valence-corrected chi connectivity index (χ1v) is 11.8. The maximum Gasteiger partial charge on any atom is 0.290 e. The van der Waals surface area contributed by atoms with E-state index in [2.05, 4.69) is 38.9 Å². The van der Waals surface area contributed by atoms with E-state index in [4.69, 9.17) is 23.2 Å². The molecule has 0 aromatic carbocycles. The average Bonchev–Trinajstić information content (AvgIpc) is 3.40. The maximum absolute atomic E-state index is 12.9. The Morgan fingerprint density at radius 1 is 1.23 bits per heavy atom. The number of alkyl halides is 1. The van der Waals surface area contributed by atoms with Gasteiger partial charge in [0.1, 0.15) is 5.03 Å². The number of hydrogen-bond donors (Lipinski definition) is 2. The lowest BCUT2D eigenvalue weighted by Gasteiger charge is -2.33. The molecule has 5 aliphatic rings. The molecule has 0 spiro atoms. The molecule has 6 nitrogen and oxygen atoms in total. The predicted molar refractivity (Wildman–Crippen MR) is 124 cm³/mol. The molecule has 3 aliphatic heterocycles. The number of carbonyl (C=O) groups is 1. The first-order chi connectivity index (χ1) is 15.1. The number of amides is 1. The highest BCUT2D eigenvalue weighted by Gasteiger charge is 2.40. The van der Waals surface area contributed by atoms with E-state index in [1.165, 1.54) is 10.6 Å². The molecular weight excluding hydrogens is 433 g/mol. The number of hydrogen-bond acceptors (Lipinski definition) is 5.